The molecule has 5 aromatic rings. The smallest absolute Gasteiger partial charge is 0.00259 e. The van der Waals surface area contributed by atoms with E-state index in [-0.39, 0.29) is 0 Å². The molecule has 0 unspecified atom stereocenters. The molecule has 250 valence electrons. The lowest BCUT2D eigenvalue weighted by Crippen LogP contribution is -1.94. The van der Waals surface area contributed by atoms with Gasteiger partial charge in [-0.05, 0) is 117 Å². The second kappa shape index (κ2) is 19.0. The molecule has 0 saturated carbocycles. The standard InChI is InChI=1S/C37H32.C10H16.C2H6/c1-6-12-25(3)22-27(5)36-32-16-10-11-17-33(32)37(31-19-18-28-14-8-9-15-30(28)23-31)35-24-29(20-21-34(35)36)26(4)13-7-2;1-5-6-7-8-10(4)9(2)3;1-2/h6-24H,3-4H2,1-2,5H3;5-9H,1H2,2-4H3;1-2H3/b12-6-,13-7-,27-22+;7-6-,10-8+;. The average molecular weight is 643 g/mol. The van der Waals surface area contributed by atoms with Crippen molar-refractivity contribution in [2.24, 2.45) is 5.92 Å². The molecule has 0 heteroatoms. The fraction of sp³-hybridized carbons (Fsp3) is 0.184. The largest absolute Gasteiger partial charge is 0.0991 e. The van der Waals surface area contributed by atoms with Gasteiger partial charge >= 0.3 is 0 Å². The molecule has 0 amide bonds. The van der Waals surface area contributed by atoms with Crippen LogP contribution in [0.25, 0.3) is 54.6 Å². The molecule has 0 fully saturated rings. The van der Waals surface area contributed by atoms with Crippen molar-refractivity contribution >= 4 is 43.5 Å². The molecule has 0 radical (unpaired) electrons. The van der Waals surface area contributed by atoms with Crippen LogP contribution in [0, 0.1) is 5.92 Å². The molecule has 0 spiro atoms. The minimum atomic E-state index is 0.648. The molecular formula is C49H54. The summed E-state index contributed by atoms with van der Waals surface area (Å²) in [6.45, 7) is 28.9. The van der Waals surface area contributed by atoms with Crippen molar-refractivity contribution in [2.75, 3.05) is 0 Å². The van der Waals surface area contributed by atoms with E-state index in [1.54, 1.807) is 6.08 Å². The monoisotopic (exact) mass is 642 g/mol. The molecule has 0 heterocycles. The third kappa shape index (κ3) is 9.68. The average Bonchev–Trinajstić information content (AvgIpc) is 3.11. The Balaban J connectivity index is 0.000000468. The predicted octanol–water partition coefficient (Wildman–Crippen LogP) is 15.3. The van der Waals surface area contributed by atoms with Gasteiger partial charge in [0.05, 0.1) is 0 Å². The Hall–Kier alpha value is -5.20. The van der Waals surface area contributed by atoms with Crippen molar-refractivity contribution in [1.29, 1.82) is 0 Å². The lowest BCUT2D eigenvalue weighted by atomic mass is 9.84. The van der Waals surface area contributed by atoms with Crippen LogP contribution in [0.4, 0.5) is 0 Å². The first-order valence-electron chi connectivity index (χ1n) is 17.5. The van der Waals surface area contributed by atoms with Crippen LogP contribution >= 0.6 is 0 Å². The summed E-state index contributed by atoms with van der Waals surface area (Å²) in [6.07, 6.45) is 18.2. The van der Waals surface area contributed by atoms with E-state index in [4.69, 9.17) is 0 Å². The summed E-state index contributed by atoms with van der Waals surface area (Å²) in [4.78, 5) is 0. The second-order valence-corrected chi connectivity index (χ2v) is 12.2. The summed E-state index contributed by atoms with van der Waals surface area (Å²) in [5, 5.41) is 7.46. The molecule has 0 atom stereocenters. The highest BCUT2D eigenvalue weighted by Crippen LogP contribution is 2.43. The van der Waals surface area contributed by atoms with E-state index in [1.807, 2.05) is 52.0 Å². The van der Waals surface area contributed by atoms with Gasteiger partial charge in [-0.2, -0.15) is 0 Å². The van der Waals surface area contributed by atoms with Gasteiger partial charge in [0.1, 0.15) is 0 Å². The van der Waals surface area contributed by atoms with Gasteiger partial charge in [-0.15, -0.1) is 0 Å². The van der Waals surface area contributed by atoms with Crippen LogP contribution in [0.5, 0.6) is 0 Å². The summed E-state index contributed by atoms with van der Waals surface area (Å²) >= 11 is 0. The fourth-order valence-electron chi connectivity index (χ4n) is 5.85. The van der Waals surface area contributed by atoms with Crippen LogP contribution < -0.4 is 0 Å². The van der Waals surface area contributed by atoms with Crippen molar-refractivity contribution in [1.82, 2.24) is 0 Å². The van der Waals surface area contributed by atoms with E-state index in [9.17, 15) is 0 Å². The second-order valence-electron chi connectivity index (χ2n) is 12.2. The van der Waals surface area contributed by atoms with Crippen LogP contribution in [-0.4, -0.2) is 0 Å². The number of rotatable bonds is 9. The van der Waals surface area contributed by atoms with Gasteiger partial charge in [0.25, 0.3) is 0 Å². The Morgan fingerprint density at radius 1 is 0.673 bits per heavy atom. The van der Waals surface area contributed by atoms with Crippen LogP contribution in [0.1, 0.15) is 66.5 Å². The van der Waals surface area contributed by atoms with Crippen molar-refractivity contribution in [3.63, 3.8) is 0 Å². The van der Waals surface area contributed by atoms with Gasteiger partial charge in [-0.1, -0.05) is 180 Å². The first kappa shape index (κ1) is 38.2. The highest BCUT2D eigenvalue weighted by molar-refractivity contribution is 6.19. The molecule has 0 saturated heterocycles. The van der Waals surface area contributed by atoms with E-state index < -0.39 is 0 Å². The van der Waals surface area contributed by atoms with Crippen molar-refractivity contribution in [3.8, 4) is 11.1 Å². The lowest BCUT2D eigenvalue weighted by molar-refractivity contribution is 0.769. The maximum atomic E-state index is 4.33. The third-order valence-corrected chi connectivity index (χ3v) is 8.49. The molecule has 0 aliphatic rings. The maximum absolute atomic E-state index is 4.33. The van der Waals surface area contributed by atoms with Crippen molar-refractivity contribution < 1.29 is 0 Å². The van der Waals surface area contributed by atoms with Crippen LogP contribution in [-0.2, 0) is 0 Å². The van der Waals surface area contributed by atoms with Crippen LogP contribution in [0.15, 0.2) is 170 Å². The van der Waals surface area contributed by atoms with Crippen molar-refractivity contribution in [3.05, 3.63) is 182 Å². The molecule has 0 N–H and O–H groups in total. The van der Waals surface area contributed by atoms with Crippen LogP contribution in [0.2, 0.25) is 0 Å². The summed E-state index contributed by atoms with van der Waals surface area (Å²) in [5.74, 6) is 0.648. The van der Waals surface area contributed by atoms with Crippen LogP contribution in [0.3, 0.4) is 0 Å². The molecule has 0 bridgehead atoms. The zero-order valence-corrected chi connectivity index (χ0v) is 31.0. The SMILES string of the molecule is C=C(/C=C\C)/C=C(\C)c1c2ccccc2c(-c2ccc3ccccc3c2)c2cc(C(=C)/C=C\C)ccc12.C=C/C=C\C=C(/C)C(C)C.CC. The van der Waals surface area contributed by atoms with Gasteiger partial charge in [0, 0.05) is 0 Å². The van der Waals surface area contributed by atoms with E-state index in [2.05, 4.69) is 157 Å². The molecule has 0 aliphatic carbocycles. The number of allylic oxidation sites excluding steroid dienone is 13. The topological polar surface area (TPSA) is 0 Å². The molecule has 49 heavy (non-hydrogen) atoms. The molecule has 0 aliphatic heterocycles. The normalized spacial score (nSPS) is 12.1. The molecule has 5 aromatic carbocycles. The van der Waals surface area contributed by atoms with Gasteiger partial charge in [0.15, 0.2) is 0 Å². The molecule has 5 rings (SSSR count). The highest BCUT2D eigenvalue weighted by atomic mass is 14.2. The first-order valence-corrected chi connectivity index (χ1v) is 17.5. The minimum Gasteiger partial charge on any atom is -0.0991 e. The summed E-state index contributed by atoms with van der Waals surface area (Å²) < 4.78 is 0. The minimum absolute atomic E-state index is 0.648. The zero-order valence-electron chi connectivity index (χ0n) is 31.0. The van der Waals surface area contributed by atoms with E-state index >= 15 is 0 Å². The summed E-state index contributed by atoms with van der Waals surface area (Å²) in [5.41, 5.74) is 9.48. The number of hydrogen-bond donors (Lipinski definition) is 0. The zero-order chi connectivity index (χ0) is 35.9. The van der Waals surface area contributed by atoms with Gasteiger partial charge in [0.2, 0.25) is 0 Å². The third-order valence-electron chi connectivity index (χ3n) is 8.49. The Kier molecular flexibility index (Phi) is 14.8. The van der Waals surface area contributed by atoms with E-state index in [0.29, 0.717) is 5.92 Å². The van der Waals surface area contributed by atoms with Gasteiger partial charge in [-0.3, -0.25) is 0 Å². The number of fused-ring (bicyclic) bond motifs is 3. The Labute approximate surface area is 296 Å². The highest BCUT2D eigenvalue weighted by Gasteiger charge is 2.17. The van der Waals surface area contributed by atoms with E-state index in [0.717, 1.165) is 16.7 Å². The van der Waals surface area contributed by atoms with E-state index in [1.165, 1.54) is 60.2 Å². The number of benzene rings is 5. The Bertz CT molecular complexity index is 2080. The lowest BCUT2D eigenvalue weighted by Gasteiger charge is -2.19. The number of hydrogen-bond acceptors (Lipinski definition) is 0. The fourth-order valence-corrected chi connectivity index (χ4v) is 5.85. The van der Waals surface area contributed by atoms with Gasteiger partial charge < -0.3 is 0 Å². The predicted molar refractivity (Wildman–Crippen MR) is 225 cm³/mol. The summed E-state index contributed by atoms with van der Waals surface area (Å²) in [7, 11) is 0. The molecular weight excluding hydrogens is 589 g/mol. The first-order chi connectivity index (χ1) is 23.7. The Morgan fingerprint density at radius 3 is 1.96 bits per heavy atom. The quantitative estimate of drug-likeness (QED) is 0.111. The van der Waals surface area contributed by atoms with Crippen molar-refractivity contribution in [2.45, 2.75) is 55.4 Å². The van der Waals surface area contributed by atoms with Gasteiger partial charge in [-0.25, -0.2) is 0 Å². The summed E-state index contributed by atoms with van der Waals surface area (Å²) in [6, 6.07) is 30.9. The molecule has 0 nitrogen and oxygen atoms in total. The Morgan fingerprint density at radius 2 is 1.31 bits per heavy atom. The maximum Gasteiger partial charge on any atom is -0.00259 e. The molecule has 0 aromatic heterocycles.